The van der Waals surface area contributed by atoms with Gasteiger partial charge in [-0.3, -0.25) is 14.7 Å². The molecular weight excluding hydrogens is 450 g/mol. The maximum atomic E-state index is 15.0. The zero-order valence-corrected chi connectivity index (χ0v) is 17.4. The number of aromatic nitrogens is 4. The average molecular weight is 463 g/mol. The number of carbonyl (C=O) groups excluding carboxylic acids is 2. The van der Waals surface area contributed by atoms with Crippen LogP contribution in [0, 0.1) is 11.7 Å². The number of anilines is 1. The smallest absolute Gasteiger partial charge is 0.256 e. The van der Waals surface area contributed by atoms with Crippen molar-refractivity contribution in [3.63, 3.8) is 0 Å². The Morgan fingerprint density at radius 2 is 2.10 bits per heavy atom. The van der Waals surface area contributed by atoms with Crippen LogP contribution in [0.25, 0.3) is 32.5 Å². The molecule has 5 rings (SSSR count). The van der Waals surface area contributed by atoms with Crippen molar-refractivity contribution >= 4 is 61.1 Å². The lowest BCUT2D eigenvalue weighted by Crippen LogP contribution is -2.20. The summed E-state index contributed by atoms with van der Waals surface area (Å²) in [5, 5.41) is 12.0. The Bertz CT molecular complexity index is 1390. The number of H-pyrrole nitrogens is 1. The van der Waals surface area contributed by atoms with E-state index in [0.29, 0.717) is 26.6 Å². The molecule has 3 N–H and O–H groups in total. The molecule has 3 aromatic heterocycles. The van der Waals surface area contributed by atoms with Crippen LogP contribution in [-0.2, 0) is 4.79 Å². The Kier molecular flexibility index (Phi) is 4.59. The molecule has 2 amide bonds. The first kappa shape index (κ1) is 19.8. The maximum Gasteiger partial charge on any atom is 0.256 e. The number of pyridine rings is 1. The third-order valence-corrected chi connectivity index (χ3v) is 6.27. The van der Waals surface area contributed by atoms with Gasteiger partial charge in [0.2, 0.25) is 5.91 Å². The number of thiazole rings is 1. The molecule has 1 aliphatic carbocycles. The first-order valence-corrected chi connectivity index (χ1v) is 10.4. The summed E-state index contributed by atoms with van der Waals surface area (Å²) in [7, 11) is 1.39. The molecule has 12 heteroatoms. The predicted molar refractivity (Wildman–Crippen MR) is 112 cm³/mol. The minimum atomic E-state index is -1.11. The molecular formula is C19H13ClF2N6O2S. The van der Waals surface area contributed by atoms with Crippen molar-refractivity contribution in [3.8, 4) is 11.3 Å². The lowest BCUT2D eigenvalue weighted by atomic mass is 10.0. The van der Waals surface area contributed by atoms with Gasteiger partial charge in [0, 0.05) is 18.0 Å². The Hall–Kier alpha value is -3.18. The summed E-state index contributed by atoms with van der Waals surface area (Å²) in [5.74, 6) is -2.58. The van der Waals surface area contributed by atoms with Crippen LogP contribution in [0.2, 0.25) is 5.02 Å². The minimum absolute atomic E-state index is 0.195. The van der Waals surface area contributed by atoms with Gasteiger partial charge in [-0.2, -0.15) is 5.10 Å². The first-order chi connectivity index (χ1) is 14.9. The number of amides is 2. The lowest BCUT2D eigenvalue weighted by Gasteiger charge is -2.11. The van der Waals surface area contributed by atoms with Crippen molar-refractivity contribution in [1.29, 1.82) is 0 Å². The molecule has 4 aromatic rings. The summed E-state index contributed by atoms with van der Waals surface area (Å²) in [5.41, 5.74) is 1.09. The molecule has 1 saturated carbocycles. The number of rotatable bonds is 4. The molecule has 8 nitrogen and oxygen atoms in total. The summed E-state index contributed by atoms with van der Waals surface area (Å²) >= 11 is 7.42. The average Bonchev–Trinajstić information content (AvgIpc) is 3.12. The number of benzene rings is 1. The number of hydrogen-bond acceptors (Lipinski definition) is 6. The fourth-order valence-electron chi connectivity index (χ4n) is 3.35. The van der Waals surface area contributed by atoms with Gasteiger partial charge in [0.25, 0.3) is 5.91 Å². The van der Waals surface area contributed by atoms with Gasteiger partial charge in [-0.1, -0.05) is 22.9 Å². The van der Waals surface area contributed by atoms with Crippen LogP contribution in [0.1, 0.15) is 16.8 Å². The molecule has 158 valence electrons. The predicted octanol–water partition coefficient (Wildman–Crippen LogP) is 3.68. The van der Waals surface area contributed by atoms with Crippen molar-refractivity contribution in [2.75, 3.05) is 12.4 Å². The van der Waals surface area contributed by atoms with E-state index in [1.54, 1.807) is 12.1 Å². The second-order valence-electron chi connectivity index (χ2n) is 7.00. The van der Waals surface area contributed by atoms with Gasteiger partial charge in [0.15, 0.2) is 10.9 Å². The van der Waals surface area contributed by atoms with E-state index in [1.165, 1.54) is 13.2 Å². The molecule has 31 heavy (non-hydrogen) atoms. The van der Waals surface area contributed by atoms with Crippen LogP contribution >= 0.6 is 22.9 Å². The van der Waals surface area contributed by atoms with E-state index in [0.717, 1.165) is 11.3 Å². The molecule has 0 spiro atoms. The second kappa shape index (κ2) is 7.20. The van der Waals surface area contributed by atoms with E-state index < -0.39 is 29.7 Å². The van der Waals surface area contributed by atoms with Gasteiger partial charge in [0.1, 0.15) is 22.1 Å². The summed E-state index contributed by atoms with van der Waals surface area (Å²) in [6.45, 7) is 0. The summed E-state index contributed by atoms with van der Waals surface area (Å²) < 4.78 is 28.1. The van der Waals surface area contributed by atoms with E-state index >= 15 is 4.39 Å². The van der Waals surface area contributed by atoms with Crippen LogP contribution in [-0.4, -0.2) is 45.2 Å². The largest absolute Gasteiger partial charge is 0.355 e. The number of nitrogens with one attached hydrogen (secondary N) is 3. The number of fused-ring (bicyclic) bond motifs is 2. The van der Waals surface area contributed by atoms with Crippen LogP contribution < -0.4 is 10.6 Å². The Labute approximate surface area is 182 Å². The Balaban J connectivity index is 1.59. The fourth-order valence-corrected chi connectivity index (χ4v) is 4.48. The molecule has 1 aliphatic rings. The van der Waals surface area contributed by atoms with E-state index in [9.17, 15) is 14.0 Å². The van der Waals surface area contributed by atoms with E-state index in [4.69, 9.17) is 11.6 Å². The normalized spacial score (nSPS) is 17.8. The highest BCUT2D eigenvalue weighted by Crippen LogP contribution is 2.40. The van der Waals surface area contributed by atoms with Gasteiger partial charge < -0.3 is 10.6 Å². The van der Waals surface area contributed by atoms with Crippen molar-refractivity contribution in [2.24, 2.45) is 5.92 Å². The molecule has 0 aliphatic heterocycles. The van der Waals surface area contributed by atoms with Crippen LogP contribution in [0.15, 0.2) is 18.3 Å². The highest BCUT2D eigenvalue weighted by molar-refractivity contribution is 7.22. The molecule has 0 radical (unpaired) electrons. The molecule has 0 unspecified atom stereocenters. The monoisotopic (exact) mass is 462 g/mol. The molecule has 1 fully saturated rings. The number of alkyl halides is 1. The standard InChI is InChI=1S/C19H13ClF2N6O2S/c1-23-17(30)12-14(22)13(20)11(7-5-24-28-15(7)12)9-2-3-10-18(25-9)31-19(26-10)27-16(29)6-4-8(6)21/h2-3,5-6,8H,4H2,1H3,(H,23,30)(H,24,28)(H,26,27,29)/t6-,8+/m1/s1. The highest BCUT2D eigenvalue weighted by Gasteiger charge is 2.43. The van der Waals surface area contributed by atoms with E-state index in [1.807, 2.05) is 0 Å². The van der Waals surface area contributed by atoms with Gasteiger partial charge in [-0.25, -0.2) is 18.7 Å². The minimum Gasteiger partial charge on any atom is -0.355 e. The third-order valence-electron chi connectivity index (χ3n) is 5.04. The van der Waals surface area contributed by atoms with Crippen LogP contribution in [0.4, 0.5) is 13.9 Å². The van der Waals surface area contributed by atoms with Crippen molar-refractivity contribution in [3.05, 3.63) is 34.7 Å². The Morgan fingerprint density at radius 1 is 1.32 bits per heavy atom. The van der Waals surface area contributed by atoms with E-state index in [2.05, 4.69) is 30.8 Å². The van der Waals surface area contributed by atoms with Crippen molar-refractivity contribution < 1.29 is 18.4 Å². The fraction of sp³-hybridized carbons (Fsp3) is 0.211. The quantitative estimate of drug-likeness (QED) is 0.428. The van der Waals surface area contributed by atoms with Crippen LogP contribution in [0.5, 0.6) is 0 Å². The van der Waals surface area contributed by atoms with Gasteiger partial charge in [-0.15, -0.1) is 0 Å². The zero-order valence-electron chi connectivity index (χ0n) is 15.8. The number of halogens is 3. The topological polar surface area (TPSA) is 113 Å². The van der Waals surface area contributed by atoms with Crippen LogP contribution in [0.3, 0.4) is 0 Å². The molecule has 2 atom stereocenters. The molecule has 1 aromatic carbocycles. The zero-order chi connectivity index (χ0) is 21.9. The number of aromatic amines is 1. The van der Waals surface area contributed by atoms with E-state index in [-0.39, 0.29) is 28.1 Å². The summed E-state index contributed by atoms with van der Waals surface area (Å²) in [4.78, 5) is 33.4. The molecule has 0 saturated heterocycles. The third kappa shape index (κ3) is 3.20. The first-order valence-electron chi connectivity index (χ1n) is 9.18. The van der Waals surface area contributed by atoms with Crippen molar-refractivity contribution in [2.45, 2.75) is 12.6 Å². The molecule has 0 bridgehead atoms. The van der Waals surface area contributed by atoms with Gasteiger partial charge in [0.05, 0.1) is 28.3 Å². The Morgan fingerprint density at radius 3 is 2.81 bits per heavy atom. The molecule has 3 heterocycles. The van der Waals surface area contributed by atoms with Gasteiger partial charge >= 0.3 is 0 Å². The summed E-state index contributed by atoms with van der Waals surface area (Å²) in [6.07, 6.45) is 0.553. The maximum absolute atomic E-state index is 15.0. The van der Waals surface area contributed by atoms with Crippen molar-refractivity contribution in [1.82, 2.24) is 25.5 Å². The number of nitrogens with zero attached hydrogens (tertiary/aromatic N) is 3. The number of carbonyl (C=O) groups is 2. The second-order valence-corrected chi connectivity index (χ2v) is 8.36. The van der Waals surface area contributed by atoms with Gasteiger partial charge in [-0.05, 0) is 18.6 Å². The number of hydrogen-bond donors (Lipinski definition) is 3. The SMILES string of the molecule is CNC(=O)c1c(F)c(Cl)c(-c2ccc3nc(NC(=O)[C@@H]4C[C@@H]4F)sc3n2)c2cn[nH]c12. The summed E-state index contributed by atoms with van der Waals surface area (Å²) in [6, 6.07) is 3.27. The lowest BCUT2D eigenvalue weighted by molar-refractivity contribution is -0.117. The highest BCUT2D eigenvalue weighted by atomic mass is 35.5.